The van der Waals surface area contributed by atoms with E-state index in [0.29, 0.717) is 17.4 Å². The lowest BCUT2D eigenvalue weighted by Gasteiger charge is -2.02. The Labute approximate surface area is 93.3 Å². The predicted molar refractivity (Wildman–Crippen MR) is 59.3 cm³/mol. The van der Waals surface area contributed by atoms with Gasteiger partial charge in [-0.2, -0.15) is 0 Å². The molecule has 0 aromatic carbocycles. The van der Waals surface area contributed by atoms with Crippen molar-refractivity contribution in [3.8, 4) is 0 Å². The summed E-state index contributed by atoms with van der Waals surface area (Å²) in [6, 6.07) is 1.58. The molecule has 0 fully saturated rings. The largest absolute Gasteiger partial charge is 0.383 e. The van der Waals surface area contributed by atoms with Crippen molar-refractivity contribution in [1.29, 1.82) is 0 Å². The monoisotopic (exact) mass is 250 g/mol. The van der Waals surface area contributed by atoms with Crippen molar-refractivity contribution >= 4 is 21.4 Å². The van der Waals surface area contributed by atoms with Crippen LogP contribution in [0, 0.1) is 0 Å². The maximum absolute atomic E-state index is 11.6. The van der Waals surface area contributed by atoms with Crippen molar-refractivity contribution in [3.05, 3.63) is 17.0 Å². The number of nitrogens with one attached hydrogen (secondary N) is 1. The fourth-order valence-corrected chi connectivity index (χ4v) is 3.23. The van der Waals surface area contributed by atoms with E-state index in [1.54, 1.807) is 11.4 Å². The van der Waals surface area contributed by atoms with Crippen molar-refractivity contribution in [2.24, 2.45) is 5.73 Å². The number of rotatable bonds is 6. The first-order chi connectivity index (χ1) is 7.10. The highest BCUT2D eigenvalue weighted by molar-refractivity contribution is 7.91. The average molecular weight is 250 g/mol. The zero-order valence-electron chi connectivity index (χ0n) is 8.39. The standard InChI is InChI=1S/C8H14N2O3S2/c1-13-3-2-10-15(11,12)8-4-7(5-9)6-14-8/h4,6,10H,2-3,5,9H2,1H3. The number of ether oxygens (including phenoxy) is 1. The van der Waals surface area contributed by atoms with E-state index in [2.05, 4.69) is 4.72 Å². The van der Waals surface area contributed by atoms with E-state index in [1.165, 1.54) is 18.4 Å². The molecule has 15 heavy (non-hydrogen) atoms. The molecule has 1 rings (SSSR count). The molecule has 5 nitrogen and oxygen atoms in total. The van der Waals surface area contributed by atoms with E-state index in [9.17, 15) is 8.42 Å². The Hall–Kier alpha value is -0.470. The molecule has 0 aliphatic carbocycles. The fourth-order valence-electron chi connectivity index (χ4n) is 0.950. The predicted octanol–water partition coefficient (Wildman–Crippen LogP) is 0.131. The normalized spacial score (nSPS) is 11.9. The minimum Gasteiger partial charge on any atom is -0.383 e. The summed E-state index contributed by atoms with van der Waals surface area (Å²) in [4.78, 5) is 0. The zero-order chi connectivity index (χ0) is 11.3. The molecule has 0 aliphatic rings. The van der Waals surface area contributed by atoms with Crippen molar-refractivity contribution in [3.63, 3.8) is 0 Å². The van der Waals surface area contributed by atoms with Crippen molar-refractivity contribution in [2.75, 3.05) is 20.3 Å². The molecule has 86 valence electrons. The van der Waals surface area contributed by atoms with E-state index in [0.717, 1.165) is 5.56 Å². The van der Waals surface area contributed by atoms with E-state index in [1.807, 2.05) is 0 Å². The van der Waals surface area contributed by atoms with Crippen molar-refractivity contribution in [1.82, 2.24) is 4.72 Å². The van der Waals surface area contributed by atoms with Gasteiger partial charge in [-0.25, -0.2) is 13.1 Å². The average Bonchev–Trinajstić information content (AvgIpc) is 2.66. The molecule has 0 atom stereocenters. The summed E-state index contributed by atoms with van der Waals surface area (Å²) >= 11 is 1.17. The molecule has 0 spiro atoms. The van der Waals surface area contributed by atoms with Gasteiger partial charge in [0.2, 0.25) is 10.0 Å². The van der Waals surface area contributed by atoms with Crippen LogP contribution in [0.2, 0.25) is 0 Å². The fraction of sp³-hybridized carbons (Fsp3) is 0.500. The summed E-state index contributed by atoms with van der Waals surface area (Å²) in [6.07, 6.45) is 0. The van der Waals surface area contributed by atoms with Crippen LogP contribution in [0.3, 0.4) is 0 Å². The summed E-state index contributed by atoms with van der Waals surface area (Å²) < 4.78 is 30.8. The summed E-state index contributed by atoms with van der Waals surface area (Å²) in [5.74, 6) is 0. The summed E-state index contributed by atoms with van der Waals surface area (Å²) in [7, 11) is -1.87. The van der Waals surface area contributed by atoms with Crippen molar-refractivity contribution < 1.29 is 13.2 Å². The molecule has 0 saturated carbocycles. The Morgan fingerprint density at radius 2 is 2.33 bits per heavy atom. The maximum atomic E-state index is 11.6. The quantitative estimate of drug-likeness (QED) is 0.703. The SMILES string of the molecule is COCCNS(=O)(=O)c1cc(CN)cs1. The lowest BCUT2D eigenvalue weighted by atomic mass is 10.4. The molecule has 1 heterocycles. The summed E-state index contributed by atoms with van der Waals surface area (Å²) in [5.41, 5.74) is 6.23. The highest BCUT2D eigenvalue weighted by atomic mass is 32.2. The number of sulfonamides is 1. The summed E-state index contributed by atoms with van der Waals surface area (Å²) in [6.45, 7) is 0.979. The Bertz CT molecular complexity index is 400. The minimum atomic E-state index is -3.39. The van der Waals surface area contributed by atoms with Gasteiger partial charge in [-0.1, -0.05) is 0 Å². The molecule has 0 amide bonds. The van der Waals surface area contributed by atoms with E-state index in [4.69, 9.17) is 10.5 Å². The van der Waals surface area contributed by atoms with Gasteiger partial charge in [0.05, 0.1) is 6.61 Å². The van der Waals surface area contributed by atoms with Crippen LogP contribution in [0.25, 0.3) is 0 Å². The van der Waals surface area contributed by atoms with Gasteiger partial charge in [-0.15, -0.1) is 11.3 Å². The van der Waals surface area contributed by atoms with Gasteiger partial charge in [-0.3, -0.25) is 0 Å². The lowest BCUT2D eigenvalue weighted by molar-refractivity contribution is 0.204. The topological polar surface area (TPSA) is 81.4 Å². The number of nitrogens with two attached hydrogens (primary N) is 1. The Balaban J connectivity index is 2.68. The van der Waals surface area contributed by atoms with Gasteiger partial charge in [0.25, 0.3) is 0 Å². The van der Waals surface area contributed by atoms with E-state index < -0.39 is 10.0 Å². The molecule has 1 aromatic rings. The van der Waals surface area contributed by atoms with Crippen LogP contribution >= 0.6 is 11.3 Å². The van der Waals surface area contributed by atoms with Crippen LogP contribution in [0.5, 0.6) is 0 Å². The molecule has 0 saturated heterocycles. The minimum absolute atomic E-state index is 0.273. The van der Waals surface area contributed by atoms with Crippen LogP contribution in [-0.4, -0.2) is 28.7 Å². The molecule has 7 heteroatoms. The number of methoxy groups -OCH3 is 1. The smallest absolute Gasteiger partial charge is 0.250 e. The Morgan fingerprint density at radius 3 is 2.87 bits per heavy atom. The third-order valence-corrected chi connectivity index (χ3v) is 4.68. The second kappa shape index (κ2) is 5.57. The number of hydrogen-bond donors (Lipinski definition) is 2. The van der Waals surface area contributed by atoms with Crippen LogP contribution < -0.4 is 10.5 Å². The number of thiophene rings is 1. The van der Waals surface area contributed by atoms with Gasteiger partial charge in [0, 0.05) is 20.2 Å². The second-order valence-electron chi connectivity index (χ2n) is 2.87. The molecular formula is C8H14N2O3S2. The van der Waals surface area contributed by atoms with Crippen LogP contribution in [0.4, 0.5) is 0 Å². The van der Waals surface area contributed by atoms with Gasteiger partial charge in [0.15, 0.2) is 0 Å². The molecule has 0 unspecified atom stereocenters. The second-order valence-corrected chi connectivity index (χ2v) is 5.77. The highest BCUT2D eigenvalue weighted by Gasteiger charge is 2.15. The van der Waals surface area contributed by atoms with Crippen LogP contribution in [0.15, 0.2) is 15.7 Å². The zero-order valence-corrected chi connectivity index (χ0v) is 10.0. The first-order valence-electron chi connectivity index (χ1n) is 4.36. The van der Waals surface area contributed by atoms with Gasteiger partial charge in [0.1, 0.15) is 4.21 Å². The molecule has 3 N–H and O–H groups in total. The first kappa shape index (κ1) is 12.6. The molecule has 0 radical (unpaired) electrons. The van der Waals surface area contributed by atoms with E-state index >= 15 is 0 Å². The first-order valence-corrected chi connectivity index (χ1v) is 6.72. The van der Waals surface area contributed by atoms with E-state index in [-0.39, 0.29) is 6.54 Å². The third-order valence-electron chi connectivity index (χ3n) is 1.73. The maximum Gasteiger partial charge on any atom is 0.250 e. The Kier molecular flexibility index (Phi) is 4.68. The van der Waals surface area contributed by atoms with Crippen LogP contribution in [0.1, 0.15) is 5.56 Å². The molecule has 1 aromatic heterocycles. The molecular weight excluding hydrogens is 236 g/mol. The third kappa shape index (κ3) is 3.54. The van der Waals surface area contributed by atoms with Crippen molar-refractivity contribution in [2.45, 2.75) is 10.8 Å². The Morgan fingerprint density at radius 1 is 1.60 bits per heavy atom. The van der Waals surface area contributed by atoms with Gasteiger partial charge < -0.3 is 10.5 Å². The van der Waals surface area contributed by atoms with Gasteiger partial charge in [-0.05, 0) is 17.0 Å². The summed E-state index contributed by atoms with van der Waals surface area (Å²) in [5, 5.41) is 1.74. The number of hydrogen-bond acceptors (Lipinski definition) is 5. The van der Waals surface area contributed by atoms with Crippen LogP contribution in [-0.2, 0) is 21.3 Å². The molecule has 0 aliphatic heterocycles. The highest BCUT2D eigenvalue weighted by Crippen LogP contribution is 2.19. The van der Waals surface area contributed by atoms with Gasteiger partial charge >= 0.3 is 0 Å². The lowest BCUT2D eigenvalue weighted by Crippen LogP contribution is -2.26. The molecule has 0 bridgehead atoms.